The Morgan fingerprint density at radius 1 is 1.29 bits per heavy atom. The number of cyclic esters (lactones) is 1. The lowest BCUT2D eigenvalue weighted by Gasteiger charge is -2.33. The predicted octanol–water partition coefficient (Wildman–Crippen LogP) is 3.46. The zero-order valence-corrected chi connectivity index (χ0v) is 14.0. The van der Waals surface area contributed by atoms with Crippen LogP contribution in [-0.2, 0) is 16.0 Å². The summed E-state index contributed by atoms with van der Waals surface area (Å²) in [5.74, 6) is -0.328. The van der Waals surface area contributed by atoms with Gasteiger partial charge in [0.2, 0.25) is 0 Å². The Labute approximate surface area is 144 Å². The van der Waals surface area contributed by atoms with E-state index in [-0.39, 0.29) is 6.42 Å². The van der Waals surface area contributed by atoms with Gasteiger partial charge in [0, 0.05) is 23.2 Å². The fraction of sp³-hybridized carbons (Fsp3) is 0.222. The molecular weight excluding hydrogens is 330 g/mol. The van der Waals surface area contributed by atoms with Crippen molar-refractivity contribution in [1.82, 2.24) is 0 Å². The highest BCUT2D eigenvalue weighted by atomic mass is 35.5. The van der Waals surface area contributed by atoms with Crippen LogP contribution >= 0.6 is 11.6 Å². The normalized spacial score (nSPS) is 19.2. The third-order valence-electron chi connectivity index (χ3n) is 3.95. The van der Waals surface area contributed by atoms with E-state index in [1.165, 1.54) is 0 Å². The lowest BCUT2D eigenvalue weighted by molar-refractivity contribution is -0.134. The highest BCUT2D eigenvalue weighted by molar-refractivity contribution is 6.31. The topological polar surface area (TPSA) is 64.6 Å². The van der Waals surface area contributed by atoms with Crippen LogP contribution in [0.2, 0.25) is 5.02 Å². The molecule has 0 spiro atoms. The number of anilines is 1. The van der Waals surface area contributed by atoms with Crippen molar-refractivity contribution in [1.29, 1.82) is 0 Å². The summed E-state index contributed by atoms with van der Waals surface area (Å²) in [7, 11) is 1.55. The molecule has 6 heteroatoms. The Bertz CT molecular complexity index is 820. The molecule has 1 amide bonds. The number of carbonyl (C=O) groups is 2. The molecule has 0 saturated heterocycles. The average Bonchev–Trinajstić information content (AvgIpc) is 2.56. The summed E-state index contributed by atoms with van der Waals surface area (Å²) in [4.78, 5) is 24.9. The van der Waals surface area contributed by atoms with Gasteiger partial charge in [0.1, 0.15) is 5.75 Å². The van der Waals surface area contributed by atoms with Crippen LogP contribution < -0.4 is 10.1 Å². The first kappa shape index (κ1) is 16.3. The number of methoxy groups -OCH3 is 1. The number of amides is 1. The van der Waals surface area contributed by atoms with E-state index in [0.717, 1.165) is 5.56 Å². The maximum atomic E-state index is 12.7. The average molecular weight is 346 g/mol. The Kier molecular flexibility index (Phi) is 4.20. The maximum Gasteiger partial charge on any atom is 0.339 e. The van der Waals surface area contributed by atoms with E-state index in [1.807, 2.05) is 0 Å². The number of fused-ring (bicyclic) bond motifs is 1. The van der Waals surface area contributed by atoms with Crippen LogP contribution in [0, 0.1) is 0 Å². The van der Waals surface area contributed by atoms with Gasteiger partial charge in [-0.1, -0.05) is 23.7 Å². The van der Waals surface area contributed by atoms with Crippen LogP contribution in [0.1, 0.15) is 22.8 Å². The van der Waals surface area contributed by atoms with Crippen molar-refractivity contribution in [2.24, 2.45) is 0 Å². The number of halogens is 1. The minimum atomic E-state index is -1.29. The number of benzene rings is 2. The van der Waals surface area contributed by atoms with E-state index >= 15 is 0 Å². The summed E-state index contributed by atoms with van der Waals surface area (Å²) >= 11 is 5.91. The molecule has 0 aliphatic carbocycles. The van der Waals surface area contributed by atoms with Crippen molar-refractivity contribution >= 4 is 29.2 Å². The van der Waals surface area contributed by atoms with E-state index in [1.54, 1.807) is 56.5 Å². The molecule has 1 atom stereocenters. The molecule has 0 aromatic heterocycles. The second kappa shape index (κ2) is 6.17. The van der Waals surface area contributed by atoms with Crippen molar-refractivity contribution < 1.29 is 19.1 Å². The van der Waals surface area contributed by atoms with Gasteiger partial charge in [-0.25, -0.2) is 4.79 Å². The third kappa shape index (κ3) is 3.08. The molecule has 124 valence electrons. The summed E-state index contributed by atoms with van der Waals surface area (Å²) in [6.07, 6.45) is 0.279. The molecule has 0 bridgehead atoms. The summed E-state index contributed by atoms with van der Waals surface area (Å²) < 4.78 is 10.5. The fourth-order valence-corrected chi connectivity index (χ4v) is 2.81. The number of hydrogen-bond acceptors (Lipinski definition) is 4. The van der Waals surface area contributed by atoms with Gasteiger partial charge in [0.05, 0.1) is 12.7 Å². The number of rotatable bonds is 3. The summed E-state index contributed by atoms with van der Waals surface area (Å²) in [6, 6.07) is 12.0. The van der Waals surface area contributed by atoms with Crippen LogP contribution in [0.25, 0.3) is 0 Å². The molecule has 2 aromatic rings. The van der Waals surface area contributed by atoms with Gasteiger partial charge < -0.3 is 14.8 Å². The highest BCUT2D eigenvalue weighted by Crippen LogP contribution is 2.31. The van der Waals surface area contributed by atoms with E-state index in [0.29, 0.717) is 22.0 Å². The molecule has 0 radical (unpaired) electrons. The molecule has 1 N–H and O–H groups in total. The first-order chi connectivity index (χ1) is 11.4. The number of ether oxygens (including phenoxy) is 2. The van der Waals surface area contributed by atoms with Gasteiger partial charge in [-0.15, -0.1) is 0 Å². The maximum absolute atomic E-state index is 12.7. The number of esters is 1. The molecule has 24 heavy (non-hydrogen) atoms. The van der Waals surface area contributed by atoms with Gasteiger partial charge in [-0.3, -0.25) is 4.79 Å². The van der Waals surface area contributed by atoms with Crippen molar-refractivity contribution in [3.8, 4) is 5.75 Å². The van der Waals surface area contributed by atoms with E-state index < -0.39 is 17.5 Å². The lowest BCUT2D eigenvalue weighted by atomic mass is 9.89. The highest BCUT2D eigenvalue weighted by Gasteiger charge is 2.42. The molecule has 5 nitrogen and oxygen atoms in total. The minimum Gasteiger partial charge on any atom is -0.497 e. The Hall–Kier alpha value is -2.53. The Morgan fingerprint density at radius 3 is 2.83 bits per heavy atom. The molecule has 3 rings (SSSR count). The molecule has 1 unspecified atom stereocenters. The Balaban J connectivity index is 1.84. The SMILES string of the molecule is COc1cccc(NC(=O)C2(C)Cc3ccc(Cl)cc3C(=O)O2)c1. The van der Waals surface area contributed by atoms with E-state index in [9.17, 15) is 9.59 Å². The summed E-state index contributed by atoms with van der Waals surface area (Å²) in [6.45, 7) is 1.60. The largest absolute Gasteiger partial charge is 0.497 e. The van der Waals surface area contributed by atoms with E-state index in [2.05, 4.69) is 5.32 Å². The number of carbonyl (C=O) groups excluding carboxylic acids is 2. The zero-order valence-electron chi connectivity index (χ0n) is 13.3. The Morgan fingerprint density at radius 2 is 2.08 bits per heavy atom. The van der Waals surface area contributed by atoms with E-state index in [4.69, 9.17) is 21.1 Å². The van der Waals surface area contributed by atoms with Gasteiger partial charge in [-0.2, -0.15) is 0 Å². The van der Waals surface area contributed by atoms with Crippen LogP contribution in [0.3, 0.4) is 0 Å². The fourth-order valence-electron chi connectivity index (χ4n) is 2.64. The first-order valence-electron chi connectivity index (χ1n) is 7.38. The molecule has 0 fully saturated rings. The van der Waals surface area contributed by atoms with Crippen LogP contribution in [0.5, 0.6) is 5.75 Å². The third-order valence-corrected chi connectivity index (χ3v) is 4.18. The molecule has 1 aliphatic rings. The molecule has 2 aromatic carbocycles. The monoisotopic (exact) mass is 345 g/mol. The number of hydrogen-bond donors (Lipinski definition) is 1. The van der Waals surface area contributed by atoms with Crippen molar-refractivity contribution in [2.75, 3.05) is 12.4 Å². The van der Waals surface area contributed by atoms with Crippen molar-refractivity contribution in [3.63, 3.8) is 0 Å². The summed E-state index contributed by atoms with van der Waals surface area (Å²) in [5.41, 5.74) is 0.410. The summed E-state index contributed by atoms with van der Waals surface area (Å²) in [5, 5.41) is 3.22. The standard InChI is InChI=1S/C18H16ClNO4/c1-18(17(22)20-13-4-3-5-14(9-13)23-2)10-11-6-7-12(19)8-15(11)16(21)24-18/h3-9H,10H2,1-2H3,(H,20,22). The molecular formula is C18H16ClNO4. The van der Waals surface area contributed by atoms with Gasteiger partial charge in [0.25, 0.3) is 5.91 Å². The lowest BCUT2D eigenvalue weighted by Crippen LogP contribution is -2.48. The van der Waals surface area contributed by atoms with Crippen LogP contribution in [0.15, 0.2) is 42.5 Å². The second-order valence-corrected chi connectivity index (χ2v) is 6.22. The van der Waals surface area contributed by atoms with Gasteiger partial charge >= 0.3 is 5.97 Å². The van der Waals surface area contributed by atoms with Crippen molar-refractivity contribution in [3.05, 3.63) is 58.6 Å². The number of nitrogens with one attached hydrogen (secondary N) is 1. The molecule has 1 heterocycles. The predicted molar refractivity (Wildman–Crippen MR) is 90.6 cm³/mol. The van der Waals surface area contributed by atoms with Gasteiger partial charge in [0.15, 0.2) is 5.60 Å². The smallest absolute Gasteiger partial charge is 0.339 e. The van der Waals surface area contributed by atoms with Crippen LogP contribution in [0.4, 0.5) is 5.69 Å². The van der Waals surface area contributed by atoms with Gasteiger partial charge in [-0.05, 0) is 36.8 Å². The molecule has 1 aliphatic heterocycles. The second-order valence-electron chi connectivity index (χ2n) is 5.78. The minimum absolute atomic E-state index is 0.279. The zero-order chi connectivity index (χ0) is 17.3. The first-order valence-corrected chi connectivity index (χ1v) is 7.76. The van der Waals surface area contributed by atoms with Crippen LogP contribution in [-0.4, -0.2) is 24.6 Å². The molecule has 0 saturated carbocycles. The quantitative estimate of drug-likeness (QED) is 0.865. The van der Waals surface area contributed by atoms with Crippen molar-refractivity contribution in [2.45, 2.75) is 18.9 Å².